The molecule has 23 heavy (non-hydrogen) atoms. The van der Waals surface area contributed by atoms with Gasteiger partial charge < -0.3 is 4.74 Å². The molecule has 4 atom stereocenters. The number of unbranched alkanes of at least 4 members (excludes halogenated alkanes) is 2. The molecule has 3 heteroatoms. The van der Waals surface area contributed by atoms with Gasteiger partial charge in [-0.2, -0.15) is 0 Å². The zero-order chi connectivity index (χ0) is 16.8. The number of rotatable bonds is 8. The van der Waals surface area contributed by atoms with Gasteiger partial charge in [0.2, 0.25) is 0 Å². The third kappa shape index (κ3) is 4.75. The van der Waals surface area contributed by atoms with Gasteiger partial charge in [-0.15, -0.1) is 23.2 Å². The molecule has 0 saturated heterocycles. The van der Waals surface area contributed by atoms with Gasteiger partial charge >= 0.3 is 0 Å². The summed E-state index contributed by atoms with van der Waals surface area (Å²) in [5, 5.41) is 0. The largest absolute Gasteiger partial charge is 0.362 e. The van der Waals surface area contributed by atoms with E-state index in [-0.39, 0.29) is 12.2 Å². The summed E-state index contributed by atoms with van der Waals surface area (Å²) in [6.07, 6.45) is 22.3. The molecule has 0 aliphatic heterocycles. The van der Waals surface area contributed by atoms with Crippen molar-refractivity contribution in [2.45, 2.75) is 74.3 Å². The van der Waals surface area contributed by atoms with Gasteiger partial charge in [-0.3, -0.25) is 0 Å². The molecule has 2 aliphatic rings. The Kier molecular flexibility index (Phi) is 7.00. The highest BCUT2D eigenvalue weighted by atomic mass is 35.5. The summed E-state index contributed by atoms with van der Waals surface area (Å²) in [6, 6.07) is 0. The van der Waals surface area contributed by atoms with Crippen LogP contribution < -0.4 is 0 Å². The molecule has 0 saturated carbocycles. The third-order valence-electron chi connectivity index (χ3n) is 4.61. The predicted molar refractivity (Wildman–Crippen MR) is 101 cm³/mol. The van der Waals surface area contributed by atoms with E-state index in [2.05, 4.69) is 38.2 Å². The van der Waals surface area contributed by atoms with E-state index in [9.17, 15) is 0 Å². The Morgan fingerprint density at radius 2 is 1.22 bits per heavy atom. The summed E-state index contributed by atoms with van der Waals surface area (Å²) in [5.74, 6) is 0. The fraction of sp³-hybridized carbons (Fsp3) is 0.600. The van der Waals surface area contributed by atoms with E-state index < -0.39 is 9.75 Å². The molecular formula is C20H28Cl2O. The van der Waals surface area contributed by atoms with Gasteiger partial charge in [0.25, 0.3) is 0 Å². The molecule has 0 aromatic rings. The monoisotopic (exact) mass is 354 g/mol. The molecular weight excluding hydrogens is 327 g/mol. The molecule has 0 spiro atoms. The number of hydrogen-bond donors (Lipinski definition) is 0. The van der Waals surface area contributed by atoms with Crippen LogP contribution in [0.25, 0.3) is 0 Å². The molecule has 2 aliphatic carbocycles. The van der Waals surface area contributed by atoms with E-state index in [0.717, 1.165) is 38.5 Å². The number of alkyl halides is 2. The van der Waals surface area contributed by atoms with E-state index >= 15 is 0 Å². The highest BCUT2D eigenvalue weighted by molar-refractivity contribution is 6.26. The topological polar surface area (TPSA) is 9.23 Å². The van der Waals surface area contributed by atoms with Crippen molar-refractivity contribution in [2.24, 2.45) is 0 Å². The van der Waals surface area contributed by atoms with Gasteiger partial charge in [-0.05, 0) is 12.8 Å². The quantitative estimate of drug-likeness (QED) is 0.462. The normalized spacial score (nSPS) is 35.8. The molecule has 0 fully saturated rings. The van der Waals surface area contributed by atoms with Crippen LogP contribution in [0.5, 0.6) is 0 Å². The smallest absolute Gasteiger partial charge is 0.0995 e. The van der Waals surface area contributed by atoms with Crippen LogP contribution in [0.2, 0.25) is 0 Å². The maximum Gasteiger partial charge on any atom is 0.0995 e. The Balaban J connectivity index is 2.11. The Morgan fingerprint density at radius 1 is 0.783 bits per heavy atom. The van der Waals surface area contributed by atoms with E-state index in [1.165, 1.54) is 0 Å². The van der Waals surface area contributed by atoms with Gasteiger partial charge in [-0.25, -0.2) is 0 Å². The summed E-state index contributed by atoms with van der Waals surface area (Å²) in [7, 11) is 0. The summed E-state index contributed by atoms with van der Waals surface area (Å²) in [5.41, 5.74) is 0. The van der Waals surface area contributed by atoms with Crippen LogP contribution >= 0.6 is 23.2 Å². The summed E-state index contributed by atoms with van der Waals surface area (Å²) >= 11 is 13.8. The van der Waals surface area contributed by atoms with Crippen molar-refractivity contribution in [3.05, 3.63) is 48.6 Å². The Hall–Kier alpha value is -0.500. The number of ether oxygens (including phenoxy) is 1. The summed E-state index contributed by atoms with van der Waals surface area (Å²) < 4.78 is 6.42. The molecule has 0 radical (unpaired) electrons. The summed E-state index contributed by atoms with van der Waals surface area (Å²) in [4.78, 5) is -0.940. The van der Waals surface area contributed by atoms with Gasteiger partial charge in [0.05, 0.1) is 22.0 Å². The zero-order valence-electron chi connectivity index (χ0n) is 14.2. The first-order valence-electron chi connectivity index (χ1n) is 8.79. The lowest BCUT2D eigenvalue weighted by atomic mass is 9.88. The first-order valence-corrected chi connectivity index (χ1v) is 9.55. The minimum absolute atomic E-state index is 0.151. The first kappa shape index (κ1) is 18.8. The second-order valence-electron chi connectivity index (χ2n) is 6.53. The number of allylic oxidation sites excluding steroid dienone is 4. The van der Waals surface area contributed by atoms with Crippen LogP contribution in [0.1, 0.15) is 52.4 Å². The molecule has 0 aromatic carbocycles. The van der Waals surface area contributed by atoms with E-state index in [0.29, 0.717) is 0 Å². The van der Waals surface area contributed by atoms with E-state index in [4.69, 9.17) is 27.9 Å². The fourth-order valence-electron chi connectivity index (χ4n) is 3.09. The first-order chi connectivity index (χ1) is 11.0. The van der Waals surface area contributed by atoms with Crippen molar-refractivity contribution < 1.29 is 4.74 Å². The minimum Gasteiger partial charge on any atom is -0.362 e. The zero-order valence-corrected chi connectivity index (χ0v) is 15.7. The third-order valence-corrected chi connectivity index (χ3v) is 5.67. The lowest BCUT2D eigenvalue weighted by Crippen LogP contribution is -2.45. The molecule has 128 valence electrons. The SMILES string of the molecule is CCCCC1(Cl)C=CC=CC1OC1C=CC=CC1(Cl)CCCC. The lowest BCUT2D eigenvalue weighted by molar-refractivity contribution is 0.00669. The van der Waals surface area contributed by atoms with E-state index in [1.54, 1.807) is 0 Å². The van der Waals surface area contributed by atoms with Gasteiger partial charge in [0.1, 0.15) is 0 Å². The second-order valence-corrected chi connectivity index (χ2v) is 7.93. The van der Waals surface area contributed by atoms with Gasteiger partial charge in [0, 0.05) is 0 Å². The number of halogens is 2. The molecule has 0 aromatic heterocycles. The lowest BCUT2D eigenvalue weighted by Gasteiger charge is -2.40. The molecule has 0 N–H and O–H groups in total. The van der Waals surface area contributed by atoms with Crippen molar-refractivity contribution in [3.63, 3.8) is 0 Å². The average Bonchev–Trinajstić information content (AvgIpc) is 2.55. The second kappa shape index (κ2) is 8.55. The Morgan fingerprint density at radius 3 is 1.61 bits per heavy atom. The fourth-order valence-corrected chi connectivity index (χ4v) is 3.75. The summed E-state index contributed by atoms with van der Waals surface area (Å²) in [6.45, 7) is 4.36. The Labute approximate surface area is 151 Å². The van der Waals surface area contributed by atoms with Crippen LogP contribution in [-0.4, -0.2) is 22.0 Å². The molecule has 0 heterocycles. The molecule has 0 amide bonds. The maximum absolute atomic E-state index is 6.89. The molecule has 1 nitrogen and oxygen atoms in total. The molecule has 4 unspecified atom stereocenters. The average molecular weight is 355 g/mol. The van der Waals surface area contributed by atoms with Gasteiger partial charge in [-0.1, -0.05) is 88.1 Å². The standard InChI is InChI=1S/C20H28Cl2O/c1-3-5-13-19(21)15-9-7-11-17(19)23-18-12-8-10-16-20(18,22)14-6-4-2/h7-12,15-18H,3-6,13-14H2,1-2H3. The number of hydrogen-bond acceptors (Lipinski definition) is 1. The highest BCUT2D eigenvalue weighted by Gasteiger charge is 2.41. The van der Waals surface area contributed by atoms with E-state index in [1.807, 2.05) is 24.3 Å². The molecule has 0 bridgehead atoms. The van der Waals surface area contributed by atoms with Gasteiger partial charge in [0.15, 0.2) is 0 Å². The van der Waals surface area contributed by atoms with Crippen molar-refractivity contribution in [1.29, 1.82) is 0 Å². The van der Waals surface area contributed by atoms with Crippen LogP contribution in [0, 0.1) is 0 Å². The minimum atomic E-state index is -0.470. The van der Waals surface area contributed by atoms with Crippen LogP contribution in [0.3, 0.4) is 0 Å². The Bertz CT molecular complexity index is 450. The van der Waals surface area contributed by atoms with Crippen molar-refractivity contribution in [2.75, 3.05) is 0 Å². The predicted octanol–water partition coefficient (Wildman–Crippen LogP) is 6.33. The van der Waals surface area contributed by atoms with Crippen LogP contribution in [0.15, 0.2) is 48.6 Å². The van der Waals surface area contributed by atoms with Crippen molar-refractivity contribution in [3.8, 4) is 0 Å². The van der Waals surface area contributed by atoms with Crippen LogP contribution in [-0.2, 0) is 4.74 Å². The highest BCUT2D eigenvalue weighted by Crippen LogP contribution is 2.39. The van der Waals surface area contributed by atoms with Crippen LogP contribution in [0.4, 0.5) is 0 Å². The van der Waals surface area contributed by atoms with Crippen molar-refractivity contribution >= 4 is 23.2 Å². The maximum atomic E-state index is 6.89. The molecule has 2 rings (SSSR count). The van der Waals surface area contributed by atoms with Crippen molar-refractivity contribution in [1.82, 2.24) is 0 Å².